The Hall–Kier alpha value is -2.26. The van der Waals surface area contributed by atoms with E-state index in [1.807, 2.05) is 64.1 Å². The first kappa shape index (κ1) is 19.1. The Labute approximate surface area is 148 Å². The molecule has 0 radical (unpaired) electrons. The van der Waals surface area contributed by atoms with Crippen molar-refractivity contribution in [2.45, 2.75) is 27.7 Å². The number of ether oxygens (including phenoxy) is 1. The van der Waals surface area contributed by atoms with Gasteiger partial charge in [-0.15, -0.1) is 0 Å². The van der Waals surface area contributed by atoms with Crippen molar-refractivity contribution in [3.63, 3.8) is 0 Å². The molecular weight excluding hydrogens is 339 g/mol. The van der Waals surface area contributed by atoms with E-state index in [2.05, 4.69) is 4.74 Å². The molecule has 0 aliphatic carbocycles. The Balaban J connectivity index is 2.44. The normalized spacial score (nSPS) is 11.1. The van der Waals surface area contributed by atoms with Gasteiger partial charge >= 0.3 is 13.6 Å². The molecule has 25 heavy (non-hydrogen) atoms. The third-order valence-corrected chi connectivity index (χ3v) is 5.40. The van der Waals surface area contributed by atoms with Crippen molar-refractivity contribution in [2.75, 3.05) is 13.3 Å². The molecule has 2 rings (SSSR count). The minimum absolute atomic E-state index is 0.459. The van der Waals surface area contributed by atoms with Crippen molar-refractivity contribution >= 4 is 13.6 Å². The molecule has 0 spiro atoms. The Morgan fingerprint density at radius 3 is 1.52 bits per heavy atom. The molecule has 134 valence electrons. The van der Waals surface area contributed by atoms with Crippen molar-refractivity contribution in [3.05, 3.63) is 58.7 Å². The monoisotopic (exact) mass is 362 g/mol. The fourth-order valence-electron chi connectivity index (χ4n) is 2.47. The van der Waals surface area contributed by atoms with Crippen molar-refractivity contribution in [1.82, 2.24) is 0 Å². The summed E-state index contributed by atoms with van der Waals surface area (Å²) in [4.78, 5) is 11.8. The van der Waals surface area contributed by atoms with Crippen LogP contribution >= 0.6 is 7.60 Å². The molecule has 0 aliphatic rings. The van der Waals surface area contributed by atoms with Gasteiger partial charge in [0, 0.05) is 0 Å². The van der Waals surface area contributed by atoms with Gasteiger partial charge in [-0.3, -0.25) is 4.79 Å². The lowest BCUT2D eigenvalue weighted by molar-refractivity contribution is -0.137. The molecule has 0 atom stereocenters. The number of hydrogen-bond acceptors (Lipinski definition) is 5. The van der Waals surface area contributed by atoms with Crippen LogP contribution in [0.2, 0.25) is 0 Å². The Bertz CT molecular complexity index is 731. The van der Waals surface area contributed by atoms with Crippen LogP contribution in [0.25, 0.3) is 0 Å². The lowest BCUT2D eigenvalue weighted by atomic mass is 10.1. The smallest absolute Gasteiger partial charge is 0.441 e. The molecule has 0 saturated heterocycles. The molecule has 0 aromatic heterocycles. The minimum Gasteiger partial charge on any atom is -0.468 e. The van der Waals surface area contributed by atoms with Gasteiger partial charge in [-0.1, -0.05) is 36.4 Å². The summed E-state index contributed by atoms with van der Waals surface area (Å²) in [6, 6.07) is 11.2. The summed E-state index contributed by atoms with van der Waals surface area (Å²) in [7, 11) is -2.58. The van der Waals surface area contributed by atoms with Gasteiger partial charge in [-0.25, -0.2) is 4.57 Å². The van der Waals surface area contributed by atoms with Gasteiger partial charge in [-0.05, 0) is 49.9 Å². The topological polar surface area (TPSA) is 61.8 Å². The van der Waals surface area contributed by atoms with Crippen LogP contribution in [0.4, 0.5) is 0 Å². The van der Waals surface area contributed by atoms with E-state index in [1.165, 1.54) is 7.11 Å². The van der Waals surface area contributed by atoms with Gasteiger partial charge in [0.1, 0.15) is 11.5 Å². The fraction of sp³-hybridized carbons (Fsp3) is 0.316. The molecule has 5 nitrogen and oxygen atoms in total. The third-order valence-electron chi connectivity index (χ3n) is 3.83. The second-order valence-electron chi connectivity index (χ2n) is 5.97. The molecule has 0 amide bonds. The van der Waals surface area contributed by atoms with Gasteiger partial charge in [-0.2, -0.15) is 0 Å². The number of carbonyl (C=O) groups is 1. The molecule has 0 unspecified atom stereocenters. The molecule has 0 saturated carbocycles. The van der Waals surface area contributed by atoms with E-state index in [0.717, 1.165) is 22.3 Å². The fourth-order valence-corrected chi connectivity index (χ4v) is 4.21. The molecule has 6 heteroatoms. The van der Waals surface area contributed by atoms with E-state index < -0.39 is 19.7 Å². The highest BCUT2D eigenvalue weighted by atomic mass is 31.2. The van der Waals surface area contributed by atoms with Gasteiger partial charge in [0.25, 0.3) is 0 Å². The van der Waals surface area contributed by atoms with Crippen LogP contribution in [0.3, 0.4) is 0 Å². The zero-order valence-electron chi connectivity index (χ0n) is 15.2. The van der Waals surface area contributed by atoms with Crippen molar-refractivity contribution in [3.8, 4) is 11.5 Å². The zero-order valence-corrected chi connectivity index (χ0v) is 16.1. The van der Waals surface area contributed by atoms with Crippen LogP contribution in [0.5, 0.6) is 11.5 Å². The summed E-state index contributed by atoms with van der Waals surface area (Å²) in [5.41, 5.74) is 3.26. The van der Waals surface area contributed by atoms with Crippen molar-refractivity contribution in [2.24, 2.45) is 0 Å². The molecule has 0 N–H and O–H groups in total. The number of aryl methyl sites for hydroxylation is 4. The summed E-state index contributed by atoms with van der Waals surface area (Å²) in [6.07, 6.45) is -0.467. The van der Waals surface area contributed by atoms with Crippen LogP contribution in [0.1, 0.15) is 22.3 Å². The number of para-hydroxylation sites is 2. The highest BCUT2D eigenvalue weighted by Crippen LogP contribution is 2.51. The van der Waals surface area contributed by atoms with Gasteiger partial charge < -0.3 is 13.8 Å². The highest BCUT2D eigenvalue weighted by Gasteiger charge is 2.34. The van der Waals surface area contributed by atoms with Crippen LogP contribution in [0.15, 0.2) is 36.4 Å². The number of rotatable bonds is 6. The maximum Gasteiger partial charge on any atom is 0.441 e. The van der Waals surface area contributed by atoms with Crippen LogP contribution in [-0.4, -0.2) is 19.2 Å². The van der Waals surface area contributed by atoms with E-state index in [1.54, 1.807) is 0 Å². The van der Waals surface area contributed by atoms with Gasteiger partial charge in [0.05, 0.1) is 7.11 Å². The lowest BCUT2D eigenvalue weighted by Crippen LogP contribution is -2.15. The summed E-state index contributed by atoms with van der Waals surface area (Å²) in [6.45, 7) is 7.40. The number of carbonyl (C=O) groups excluding carboxylic acids is 1. The maximum absolute atomic E-state index is 13.4. The Morgan fingerprint density at radius 2 is 1.20 bits per heavy atom. The van der Waals surface area contributed by atoms with Crippen LogP contribution in [-0.2, 0) is 14.1 Å². The van der Waals surface area contributed by atoms with Crippen molar-refractivity contribution < 1.29 is 23.1 Å². The molecule has 0 aliphatic heterocycles. The molecule has 2 aromatic rings. The van der Waals surface area contributed by atoms with Crippen molar-refractivity contribution in [1.29, 1.82) is 0 Å². The van der Waals surface area contributed by atoms with Gasteiger partial charge in [0.15, 0.2) is 6.16 Å². The first-order valence-electron chi connectivity index (χ1n) is 7.93. The van der Waals surface area contributed by atoms with Gasteiger partial charge in [0.2, 0.25) is 0 Å². The predicted molar refractivity (Wildman–Crippen MR) is 97.6 cm³/mol. The summed E-state index contributed by atoms with van der Waals surface area (Å²) < 4.78 is 29.6. The number of benzene rings is 2. The zero-order chi connectivity index (χ0) is 18.6. The number of esters is 1. The summed E-state index contributed by atoms with van der Waals surface area (Å²) in [5.74, 6) is 0.266. The second kappa shape index (κ2) is 7.75. The largest absolute Gasteiger partial charge is 0.468 e. The number of hydrogen-bond donors (Lipinski definition) is 0. The van der Waals surface area contributed by atoms with E-state index in [-0.39, 0.29) is 0 Å². The first-order valence-corrected chi connectivity index (χ1v) is 9.66. The molecule has 0 fully saturated rings. The quantitative estimate of drug-likeness (QED) is 0.548. The molecule has 2 aromatic carbocycles. The van der Waals surface area contributed by atoms with E-state index in [0.29, 0.717) is 11.5 Å². The molecule has 0 heterocycles. The minimum atomic E-state index is -3.82. The van der Waals surface area contributed by atoms with E-state index in [9.17, 15) is 9.36 Å². The highest BCUT2D eigenvalue weighted by molar-refractivity contribution is 7.55. The summed E-state index contributed by atoms with van der Waals surface area (Å²) in [5, 5.41) is 0. The Morgan fingerprint density at radius 1 is 0.840 bits per heavy atom. The average Bonchev–Trinajstić information content (AvgIpc) is 2.55. The molecule has 0 bridgehead atoms. The van der Waals surface area contributed by atoms with Crippen LogP contribution < -0.4 is 9.05 Å². The first-order chi connectivity index (χ1) is 11.8. The maximum atomic E-state index is 13.4. The SMILES string of the molecule is COC(=O)CP(=O)(Oc1c(C)cccc1C)Oc1c(C)cccc1C. The second-order valence-corrected chi connectivity index (χ2v) is 7.87. The summed E-state index contributed by atoms with van der Waals surface area (Å²) >= 11 is 0. The van der Waals surface area contributed by atoms with E-state index >= 15 is 0 Å². The average molecular weight is 362 g/mol. The van der Waals surface area contributed by atoms with Crippen LogP contribution in [0, 0.1) is 27.7 Å². The standard InChI is InChI=1S/C19H23O5P/c1-13-8-6-9-14(2)18(13)23-25(21,12-17(20)22-5)24-19-15(3)10-7-11-16(19)4/h6-11H,12H2,1-5H3. The predicted octanol–water partition coefficient (Wildman–Crippen LogP) is 4.74. The molecular formula is C19H23O5P. The Kier molecular flexibility index (Phi) is 5.91. The lowest BCUT2D eigenvalue weighted by Gasteiger charge is -2.23. The number of methoxy groups -OCH3 is 1. The third kappa shape index (κ3) is 4.64. The van der Waals surface area contributed by atoms with E-state index in [4.69, 9.17) is 9.05 Å².